The minimum atomic E-state index is -0.500. The first-order chi connectivity index (χ1) is 11.9. The van der Waals surface area contributed by atoms with Gasteiger partial charge in [-0.3, -0.25) is 4.79 Å². The number of rotatable bonds is 2. The molecule has 7 atom stereocenters. The summed E-state index contributed by atoms with van der Waals surface area (Å²) in [7, 11) is 0. The van der Waals surface area contributed by atoms with Gasteiger partial charge < -0.3 is 10.1 Å². The van der Waals surface area contributed by atoms with E-state index in [4.69, 9.17) is 10.1 Å². The van der Waals surface area contributed by atoms with Gasteiger partial charge in [-0.1, -0.05) is 13.8 Å². The van der Waals surface area contributed by atoms with Crippen molar-refractivity contribution in [3.8, 4) is 0 Å². The fourth-order valence-corrected chi connectivity index (χ4v) is 7.30. The van der Waals surface area contributed by atoms with Gasteiger partial charge in [-0.05, 0) is 80.5 Å². The van der Waals surface area contributed by atoms with Crippen LogP contribution in [0.1, 0.15) is 71.6 Å². The topological polar surface area (TPSA) is 67.2 Å². The van der Waals surface area contributed by atoms with Crippen LogP contribution in [0.3, 0.4) is 0 Å². The lowest BCUT2D eigenvalue weighted by atomic mass is 9.45. The van der Waals surface area contributed by atoms with E-state index in [1.165, 1.54) is 19.3 Å². The maximum atomic E-state index is 12.5. The van der Waals surface area contributed by atoms with Gasteiger partial charge in [0.2, 0.25) is 0 Å². The molecule has 0 radical (unpaired) electrons. The Hall–Kier alpha value is -1.19. The molecule has 138 valence electrons. The molecular weight excluding hydrogens is 314 g/mol. The Morgan fingerprint density at radius 1 is 1.12 bits per heavy atom. The highest BCUT2D eigenvalue weighted by atomic mass is 16.5. The van der Waals surface area contributed by atoms with Gasteiger partial charge in [0, 0.05) is 11.8 Å². The molecule has 0 spiro atoms. The van der Waals surface area contributed by atoms with Crippen molar-refractivity contribution in [2.24, 2.45) is 34.5 Å². The molecule has 4 nitrogen and oxygen atoms in total. The molecule has 0 aromatic heterocycles. The van der Waals surface area contributed by atoms with Crippen molar-refractivity contribution in [2.75, 3.05) is 0 Å². The van der Waals surface area contributed by atoms with E-state index in [-0.39, 0.29) is 11.5 Å². The van der Waals surface area contributed by atoms with Gasteiger partial charge in [0.05, 0.1) is 0 Å². The Labute approximate surface area is 150 Å². The van der Waals surface area contributed by atoms with Gasteiger partial charge in [-0.15, -0.1) is 0 Å². The Kier molecular flexibility index (Phi) is 4.08. The van der Waals surface area contributed by atoms with Gasteiger partial charge >= 0.3 is 5.97 Å². The number of ketones is 1. The van der Waals surface area contributed by atoms with Crippen molar-refractivity contribution in [3.05, 3.63) is 0 Å². The third-order valence-electron chi connectivity index (χ3n) is 8.73. The minimum absolute atomic E-state index is 0.00867. The quantitative estimate of drug-likeness (QED) is 0.603. The summed E-state index contributed by atoms with van der Waals surface area (Å²) >= 11 is 0. The molecule has 4 fully saturated rings. The van der Waals surface area contributed by atoms with Crippen molar-refractivity contribution in [3.63, 3.8) is 0 Å². The minimum Gasteiger partial charge on any atom is -0.458 e. The predicted octanol–water partition coefficient (Wildman–Crippen LogP) is 4.16. The molecule has 4 aliphatic carbocycles. The molecule has 0 aromatic carbocycles. The van der Waals surface area contributed by atoms with Gasteiger partial charge in [0.1, 0.15) is 18.1 Å². The van der Waals surface area contributed by atoms with Crippen molar-refractivity contribution < 1.29 is 14.3 Å². The first kappa shape index (κ1) is 17.2. The second-order valence-electron chi connectivity index (χ2n) is 9.55. The number of hydrogen-bond donors (Lipinski definition) is 1. The van der Waals surface area contributed by atoms with Crippen LogP contribution in [-0.2, 0) is 14.3 Å². The summed E-state index contributed by atoms with van der Waals surface area (Å²) in [5, 5.41) is 7.04. The van der Waals surface area contributed by atoms with Gasteiger partial charge in [0.25, 0.3) is 0 Å². The van der Waals surface area contributed by atoms with Crippen LogP contribution < -0.4 is 0 Å². The predicted molar refractivity (Wildman–Crippen MR) is 95.4 cm³/mol. The number of fused-ring (bicyclic) bond motifs is 5. The molecule has 4 saturated carbocycles. The fraction of sp³-hybridized carbons (Fsp3) is 0.857. The molecular formula is C21H31NO3. The zero-order chi connectivity index (χ0) is 17.8. The molecule has 4 heteroatoms. The van der Waals surface area contributed by atoms with E-state index in [1.807, 2.05) is 0 Å². The summed E-state index contributed by atoms with van der Waals surface area (Å²) in [5.41, 5.74) is 0.296. The highest BCUT2D eigenvalue weighted by molar-refractivity contribution is 6.21. The van der Waals surface area contributed by atoms with E-state index in [0.29, 0.717) is 29.0 Å². The summed E-state index contributed by atoms with van der Waals surface area (Å²) in [6.07, 6.45) is 10.4. The molecule has 0 aliphatic heterocycles. The van der Waals surface area contributed by atoms with Crippen molar-refractivity contribution in [1.82, 2.24) is 0 Å². The summed E-state index contributed by atoms with van der Waals surface area (Å²) in [4.78, 5) is 23.9. The largest absolute Gasteiger partial charge is 0.458 e. The molecule has 0 saturated heterocycles. The molecule has 1 unspecified atom stereocenters. The molecule has 1 N–H and O–H groups in total. The highest BCUT2D eigenvalue weighted by Gasteiger charge is 2.60. The van der Waals surface area contributed by atoms with Crippen LogP contribution in [0.4, 0.5) is 0 Å². The second kappa shape index (κ2) is 5.92. The van der Waals surface area contributed by atoms with Gasteiger partial charge in [-0.2, -0.15) is 0 Å². The van der Waals surface area contributed by atoms with E-state index in [2.05, 4.69) is 13.8 Å². The van der Waals surface area contributed by atoms with Crippen molar-refractivity contribution in [2.45, 2.75) is 77.7 Å². The van der Waals surface area contributed by atoms with Crippen LogP contribution >= 0.6 is 0 Å². The van der Waals surface area contributed by atoms with Crippen LogP contribution in [0.5, 0.6) is 0 Å². The van der Waals surface area contributed by atoms with Crippen LogP contribution in [-0.4, -0.2) is 24.1 Å². The number of carbonyl (C=O) groups excluding carboxylic acids is 2. The summed E-state index contributed by atoms with van der Waals surface area (Å²) in [6.45, 7) is 4.72. The first-order valence-electron chi connectivity index (χ1n) is 10.1. The smallest absolute Gasteiger partial charge is 0.348 e. The van der Waals surface area contributed by atoms with Crippen LogP contribution in [0.15, 0.2) is 0 Å². The SMILES string of the molecule is C[C@]12CC[C@H](OC(=O)C=N)CC1CC[C@@H]1[C@@H]2CC[C@]2(C)C(=O)CC[C@@H]12. The van der Waals surface area contributed by atoms with E-state index in [9.17, 15) is 9.59 Å². The molecule has 25 heavy (non-hydrogen) atoms. The van der Waals surface area contributed by atoms with E-state index < -0.39 is 5.97 Å². The Morgan fingerprint density at radius 3 is 2.68 bits per heavy atom. The molecule has 4 rings (SSSR count). The van der Waals surface area contributed by atoms with E-state index in [0.717, 1.165) is 50.7 Å². The van der Waals surface area contributed by atoms with Crippen LogP contribution in [0.25, 0.3) is 0 Å². The molecule has 0 heterocycles. The third-order valence-corrected chi connectivity index (χ3v) is 8.73. The maximum Gasteiger partial charge on any atom is 0.348 e. The van der Waals surface area contributed by atoms with Gasteiger partial charge in [-0.25, -0.2) is 4.79 Å². The standard InChI is InChI=1S/C21H31NO3/c1-20-9-7-14(25-19(24)12-22)11-13(20)3-4-15-16-5-6-18(23)21(16,2)10-8-17(15)20/h12-17,22H,3-11H2,1-2H3/t13?,14-,15-,16-,17-,20-,21-/m0/s1. The molecule has 0 bridgehead atoms. The lowest BCUT2D eigenvalue weighted by Crippen LogP contribution is -2.54. The third kappa shape index (κ3) is 2.50. The highest BCUT2D eigenvalue weighted by Crippen LogP contribution is 2.65. The average molecular weight is 345 g/mol. The summed E-state index contributed by atoms with van der Waals surface area (Å²) in [5.74, 6) is 2.69. The average Bonchev–Trinajstić information content (AvgIpc) is 2.90. The summed E-state index contributed by atoms with van der Waals surface area (Å²) in [6, 6.07) is 0. The second-order valence-corrected chi connectivity index (χ2v) is 9.55. The molecule has 4 aliphatic rings. The van der Waals surface area contributed by atoms with Crippen molar-refractivity contribution in [1.29, 1.82) is 5.41 Å². The van der Waals surface area contributed by atoms with E-state index >= 15 is 0 Å². The lowest BCUT2D eigenvalue weighted by molar-refractivity contribution is -0.155. The number of ether oxygens (including phenoxy) is 1. The number of nitrogens with one attached hydrogen (secondary N) is 1. The first-order valence-corrected chi connectivity index (χ1v) is 10.1. The zero-order valence-electron chi connectivity index (χ0n) is 15.6. The number of esters is 1. The van der Waals surface area contributed by atoms with Crippen LogP contribution in [0.2, 0.25) is 0 Å². The van der Waals surface area contributed by atoms with Crippen LogP contribution in [0, 0.1) is 39.9 Å². The molecule has 0 amide bonds. The number of Topliss-reactive ketones (excluding diaryl/α,β-unsaturated/α-hetero) is 1. The van der Waals surface area contributed by atoms with Crippen molar-refractivity contribution >= 4 is 18.0 Å². The normalized spacial score (nSPS) is 48.9. The number of carbonyl (C=O) groups is 2. The van der Waals surface area contributed by atoms with Gasteiger partial charge in [0.15, 0.2) is 0 Å². The number of hydrogen-bond acceptors (Lipinski definition) is 4. The Balaban J connectivity index is 1.52. The maximum absolute atomic E-state index is 12.5. The summed E-state index contributed by atoms with van der Waals surface area (Å²) < 4.78 is 5.44. The zero-order valence-corrected chi connectivity index (χ0v) is 15.6. The van der Waals surface area contributed by atoms with E-state index in [1.54, 1.807) is 0 Å². The molecule has 0 aromatic rings. The Bertz CT molecular complexity index is 602. The monoisotopic (exact) mass is 345 g/mol. The fourth-order valence-electron chi connectivity index (χ4n) is 7.30. The lowest BCUT2D eigenvalue weighted by Gasteiger charge is -2.60. The Morgan fingerprint density at radius 2 is 1.92 bits per heavy atom.